The lowest BCUT2D eigenvalue weighted by Crippen LogP contribution is -2.39. The van der Waals surface area contributed by atoms with E-state index >= 15 is 0 Å². The first-order valence-corrected chi connectivity index (χ1v) is 10.3. The Morgan fingerprint density at radius 3 is 2.81 bits per heavy atom. The quantitative estimate of drug-likeness (QED) is 0.218. The smallest absolute Gasteiger partial charge is 0.191 e. The second kappa shape index (κ2) is 13.4. The van der Waals surface area contributed by atoms with Gasteiger partial charge >= 0.3 is 0 Å². The van der Waals surface area contributed by atoms with E-state index in [1.165, 1.54) is 12.1 Å². The minimum Gasteiger partial charge on any atom is -0.493 e. The number of halogens is 2. The van der Waals surface area contributed by atoms with Crippen LogP contribution in [-0.4, -0.2) is 46.0 Å². The van der Waals surface area contributed by atoms with Crippen LogP contribution in [0.1, 0.15) is 17.5 Å². The molecule has 6 nitrogen and oxygen atoms in total. The van der Waals surface area contributed by atoms with E-state index in [4.69, 9.17) is 14.2 Å². The Labute approximate surface area is 200 Å². The van der Waals surface area contributed by atoms with Gasteiger partial charge in [0.1, 0.15) is 23.9 Å². The summed E-state index contributed by atoms with van der Waals surface area (Å²) in [5.41, 5.74) is 2.23. The van der Waals surface area contributed by atoms with E-state index in [9.17, 15) is 4.39 Å². The van der Waals surface area contributed by atoms with Gasteiger partial charge < -0.3 is 24.8 Å². The van der Waals surface area contributed by atoms with Gasteiger partial charge in [-0.2, -0.15) is 0 Å². The number of guanidine groups is 1. The molecule has 2 aromatic carbocycles. The second-order valence-corrected chi connectivity index (χ2v) is 7.31. The van der Waals surface area contributed by atoms with Crippen molar-refractivity contribution in [2.24, 2.45) is 10.9 Å². The van der Waals surface area contributed by atoms with E-state index in [0.717, 1.165) is 36.5 Å². The van der Waals surface area contributed by atoms with Gasteiger partial charge in [0.05, 0.1) is 19.8 Å². The molecule has 1 unspecified atom stereocenters. The summed E-state index contributed by atoms with van der Waals surface area (Å²) in [7, 11) is 1.72. The Morgan fingerprint density at radius 1 is 1.19 bits per heavy atom. The van der Waals surface area contributed by atoms with Crippen molar-refractivity contribution < 1.29 is 18.6 Å². The number of hydrogen-bond donors (Lipinski definition) is 2. The van der Waals surface area contributed by atoms with Crippen molar-refractivity contribution in [2.45, 2.75) is 19.9 Å². The standard InChI is InChI=1S/C23H30FN3O3.HI/c1-17-6-7-19(22(12-17)30-16-18-8-10-28-15-18)14-27-23(25-2)26-9-11-29-21-5-3-4-20(24)13-21;/h3-7,12-13,18H,8-11,14-16H2,1-2H3,(H2,25,26,27);1H. The minimum atomic E-state index is -0.311. The molecule has 0 saturated carbocycles. The van der Waals surface area contributed by atoms with Crippen LogP contribution >= 0.6 is 24.0 Å². The predicted octanol–water partition coefficient (Wildman–Crippen LogP) is 3.91. The molecule has 1 saturated heterocycles. The van der Waals surface area contributed by atoms with Crippen molar-refractivity contribution in [3.63, 3.8) is 0 Å². The Hall–Kier alpha value is -2.07. The summed E-state index contributed by atoms with van der Waals surface area (Å²) in [5, 5.41) is 6.49. The molecule has 3 rings (SSSR count). The number of rotatable bonds is 9. The summed E-state index contributed by atoms with van der Waals surface area (Å²) in [5.74, 6) is 2.20. The number of benzene rings is 2. The van der Waals surface area contributed by atoms with Gasteiger partial charge in [-0.1, -0.05) is 18.2 Å². The third-order valence-electron chi connectivity index (χ3n) is 4.85. The molecule has 1 aliphatic rings. The number of ether oxygens (including phenoxy) is 3. The molecule has 0 spiro atoms. The van der Waals surface area contributed by atoms with Crippen LogP contribution < -0.4 is 20.1 Å². The first-order chi connectivity index (χ1) is 14.6. The molecule has 0 radical (unpaired) electrons. The highest BCUT2D eigenvalue weighted by Crippen LogP contribution is 2.22. The molecule has 170 valence electrons. The van der Waals surface area contributed by atoms with E-state index in [1.54, 1.807) is 19.2 Å². The highest BCUT2D eigenvalue weighted by molar-refractivity contribution is 14.0. The van der Waals surface area contributed by atoms with Crippen molar-refractivity contribution in [2.75, 3.05) is 40.0 Å². The van der Waals surface area contributed by atoms with E-state index in [2.05, 4.69) is 40.7 Å². The molecular weight excluding hydrogens is 512 g/mol. The summed E-state index contributed by atoms with van der Waals surface area (Å²) < 4.78 is 30.2. The van der Waals surface area contributed by atoms with Crippen LogP contribution in [0.4, 0.5) is 4.39 Å². The number of nitrogens with zero attached hydrogens (tertiary/aromatic N) is 1. The average molecular weight is 543 g/mol. The number of hydrogen-bond acceptors (Lipinski definition) is 4. The summed E-state index contributed by atoms with van der Waals surface area (Å²) in [6.07, 6.45) is 1.05. The van der Waals surface area contributed by atoms with Crippen LogP contribution in [-0.2, 0) is 11.3 Å². The number of aliphatic imine (C=N–C) groups is 1. The lowest BCUT2D eigenvalue weighted by atomic mass is 10.1. The largest absolute Gasteiger partial charge is 0.493 e. The average Bonchev–Trinajstić information content (AvgIpc) is 3.26. The number of aryl methyl sites for hydroxylation is 1. The molecule has 1 fully saturated rings. The Kier molecular flexibility index (Phi) is 10.9. The Balaban J connectivity index is 0.00000341. The maximum absolute atomic E-state index is 13.2. The molecule has 0 aromatic heterocycles. The summed E-state index contributed by atoms with van der Waals surface area (Å²) in [6, 6.07) is 12.3. The van der Waals surface area contributed by atoms with Crippen LogP contribution in [0.2, 0.25) is 0 Å². The fourth-order valence-corrected chi connectivity index (χ4v) is 3.16. The first-order valence-electron chi connectivity index (χ1n) is 10.3. The lowest BCUT2D eigenvalue weighted by molar-refractivity contribution is 0.166. The zero-order valence-corrected chi connectivity index (χ0v) is 20.4. The van der Waals surface area contributed by atoms with Crippen molar-refractivity contribution in [1.82, 2.24) is 10.6 Å². The van der Waals surface area contributed by atoms with Crippen molar-refractivity contribution >= 4 is 29.9 Å². The van der Waals surface area contributed by atoms with Gasteiger partial charge in [0.2, 0.25) is 0 Å². The minimum absolute atomic E-state index is 0. The van der Waals surface area contributed by atoms with Gasteiger partial charge in [0.25, 0.3) is 0 Å². The fourth-order valence-electron chi connectivity index (χ4n) is 3.16. The first kappa shape index (κ1) is 25.2. The molecule has 8 heteroatoms. The zero-order chi connectivity index (χ0) is 21.2. The highest BCUT2D eigenvalue weighted by Gasteiger charge is 2.17. The maximum Gasteiger partial charge on any atom is 0.191 e. The summed E-state index contributed by atoms with van der Waals surface area (Å²) >= 11 is 0. The number of nitrogens with one attached hydrogen (secondary N) is 2. The zero-order valence-electron chi connectivity index (χ0n) is 18.0. The van der Waals surface area contributed by atoms with Crippen LogP contribution in [0, 0.1) is 18.7 Å². The van der Waals surface area contributed by atoms with Gasteiger partial charge in [-0.05, 0) is 37.1 Å². The fraction of sp³-hybridized carbons (Fsp3) is 0.435. The lowest BCUT2D eigenvalue weighted by Gasteiger charge is -2.17. The molecular formula is C23H31FIN3O3. The molecule has 1 aliphatic heterocycles. The van der Waals surface area contributed by atoms with E-state index in [-0.39, 0.29) is 29.8 Å². The van der Waals surface area contributed by atoms with Crippen LogP contribution in [0.5, 0.6) is 11.5 Å². The molecule has 0 bridgehead atoms. The van der Waals surface area contributed by atoms with Gasteiger partial charge in [0.15, 0.2) is 5.96 Å². The molecule has 31 heavy (non-hydrogen) atoms. The molecule has 1 heterocycles. The SMILES string of the molecule is CN=C(NCCOc1cccc(F)c1)NCc1ccc(C)cc1OCC1CCOC1.I. The van der Waals surface area contributed by atoms with Gasteiger partial charge in [-0.3, -0.25) is 4.99 Å². The van der Waals surface area contributed by atoms with Crippen LogP contribution in [0.3, 0.4) is 0 Å². The highest BCUT2D eigenvalue weighted by atomic mass is 127. The predicted molar refractivity (Wildman–Crippen MR) is 131 cm³/mol. The van der Waals surface area contributed by atoms with Crippen LogP contribution in [0.15, 0.2) is 47.5 Å². The Bertz CT molecular complexity index is 845. The molecule has 0 amide bonds. The molecule has 2 N–H and O–H groups in total. The van der Waals surface area contributed by atoms with Crippen molar-refractivity contribution in [3.05, 3.63) is 59.4 Å². The van der Waals surface area contributed by atoms with Crippen LogP contribution in [0.25, 0.3) is 0 Å². The van der Waals surface area contributed by atoms with Gasteiger partial charge in [-0.25, -0.2) is 4.39 Å². The topological polar surface area (TPSA) is 64.1 Å². The Morgan fingerprint density at radius 2 is 2.06 bits per heavy atom. The monoisotopic (exact) mass is 543 g/mol. The third-order valence-corrected chi connectivity index (χ3v) is 4.85. The normalized spacial score (nSPS) is 15.8. The second-order valence-electron chi connectivity index (χ2n) is 7.31. The summed E-state index contributed by atoms with van der Waals surface area (Å²) in [6.45, 7) is 5.83. The maximum atomic E-state index is 13.2. The van der Waals surface area contributed by atoms with Crippen molar-refractivity contribution in [1.29, 1.82) is 0 Å². The van der Waals surface area contributed by atoms with E-state index in [1.807, 2.05) is 0 Å². The summed E-state index contributed by atoms with van der Waals surface area (Å²) in [4.78, 5) is 4.24. The van der Waals surface area contributed by atoms with Gasteiger partial charge in [-0.15, -0.1) is 24.0 Å². The molecule has 2 aromatic rings. The molecule has 0 aliphatic carbocycles. The van der Waals surface area contributed by atoms with E-state index in [0.29, 0.717) is 43.9 Å². The molecule has 1 atom stereocenters. The van der Waals surface area contributed by atoms with Gasteiger partial charge in [0, 0.05) is 37.7 Å². The van der Waals surface area contributed by atoms with Crippen molar-refractivity contribution in [3.8, 4) is 11.5 Å². The third kappa shape index (κ3) is 8.53. The van der Waals surface area contributed by atoms with E-state index < -0.39 is 0 Å².